The number of nitrogens with one attached hydrogen (secondary N) is 1. The molecule has 248 valence electrons. The molecule has 2 aliphatic heterocycles. The second kappa shape index (κ2) is 14.0. The molecule has 12 heteroatoms. The number of likely N-dealkylation sites (tertiary alicyclic amines) is 1. The van der Waals surface area contributed by atoms with Crippen molar-refractivity contribution in [1.82, 2.24) is 19.3 Å². The van der Waals surface area contributed by atoms with E-state index in [9.17, 15) is 13.6 Å². The van der Waals surface area contributed by atoms with Crippen molar-refractivity contribution in [3.63, 3.8) is 0 Å². The van der Waals surface area contributed by atoms with Crippen molar-refractivity contribution in [3.8, 4) is 5.75 Å². The van der Waals surface area contributed by atoms with Gasteiger partial charge in [-0.3, -0.25) is 9.69 Å². The van der Waals surface area contributed by atoms with Crippen molar-refractivity contribution in [2.75, 3.05) is 48.7 Å². The molecule has 0 radical (unpaired) electrons. The van der Waals surface area contributed by atoms with Crippen LogP contribution in [0.15, 0.2) is 72.3 Å². The number of carbonyl (C=O) groups excluding carboxylic acids is 1. The molecule has 0 bridgehead atoms. The molecule has 1 amide bonds. The van der Waals surface area contributed by atoms with Gasteiger partial charge in [0.1, 0.15) is 28.7 Å². The van der Waals surface area contributed by atoms with E-state index in [4.69, 9.17) is 15.5 Å². The van der Waals surface area contributed by atoms with E-state index >= 15 is 4.39 Å². The van der Waals surface area contributed by atoms with Crippen LogP contribution in [0.5, 0.6) is 5.75 Å². The fourth-order valence-corrected chi connectivity index (χ4v) is 6.27. The largest absolute Gasteiger partial charge is 0.490 e. The van der Waals surface area contributed by atoms with Crippen LogP contribution >= 0.6 is 0 Å². The van der Waals surface area contributed by atoms with E-state index in [2.05, 4.69) is 20.1 Å². The van der Waals surface area contributed by atoms with Crippen molar-refractivity contribution >= 4 is 28.7 Å². The predicted octanol–water partition coefficient (Wildman–Crippen LogP) is 6.99. The highest BCUT2D eigenvalue weighted by Gasteiger charge is 2.26. The van der Waals surface area contributed by atoms with Gasteiger partial charge < -0.3 is 25.1 Å². The average molecular weight is 648 g/mol. The highest BCUT2D eigenvalue weighted by molar-refractivity contribution is 6.05. The van der Waals surface area contributed by atoms with Crippen LogP contribution in [0.1, 0.15) is 73.6 Å². The minimum absolute atomic E-state index is 0.00671. The standard InChI is InChI=1S/C35H40F3N7O2/c1-22(2)47-31-18-33-41-30(21-45(33)19-27(31)35(46)42-32-5-3-4-29(40-32)34(37)38)24-10-14-43(15-11-24)20-28(36)23-12-16-44(17-13-23)26-8-6-25(39)7-9-26/h3-9,18-19,21-22,24,34H,10-17,20,39H2,1-2H3,(H,40,42,46). The first-order valence-corrected chi connectivity index (χ1v) is 16.1. The Morgan fingerprint density at radius 2 is 1.74 bits per heavy atom. The molecule has 0 unspecified atom stereocenters. The Hall–Kier alpha value is -4.58. The zero-order valence-corrected chi connectivity index (χ0v) is 26.6. The van der Waals surface area contributed by atoms with Gasteiger partial charge in [-0.1, -0.05) is 6.07 Å². The number of hydrogen-bond acceptors (Lipinski definition) is 7. The summed E-state index contributed by atoms with van der Waals surface area (Å²) < 4.78 is 49.4. The summed E-state index contributed by atoms with van der Waals surface area (Å²) in [5.41, 5.74) is 9.92. The van der Waals surface area contributed by atoms with Crippen LogP contribution in [-0.4, -0.2) is 64.0 Å². The number of alkyl halides is 2. The summed E-state index contributed by atoms with van der Waals surface area (Å²) in [6.45, 7) is 7.14. The Bertz CT molecular complexity index is 1740. The maximum atomic E-state index is 15.3. The number of anilines is 3. The normalized spacial score (nSPS) is 16.3. The van der Waals surface area contributed by atoms with E-state index in [0.29, 0.717) is 17.9 Å². The number of nitrogens with two attached hydrogens (primary N) is 1. The maximum absolute atomic E-state index is 15.3. The molecule has 2 fully saturated rings. The average Bonchev–Trinajstić information content (AvgIpc) is 3.48. The van der Waals surface area contributed by atoms with Crippen LogP contribution in [0.4, 0.5) is 30.4 Å². The summed E-state index contributed by atoms with van der Waals surface area (Å²) in [6, 6.07) is 13.6. The van der Waals surface area contributed by atoms with E-state index in [-0.39, 0.29) is 29.2 Å². The molecule has 0 atom stereocenters. The lowest BCUT2D eigenvalue weighted by atomic mass is 9.94. The molecular formula is C35H40F3N7O2. The molecule has 9 nitrogen and oxygen atoms in total. The first kappa shape index (κ1) is 32.4. The number of pyridine rings is 2. The lowest BCUT2D eigenvalue weighted by Gasteiger charge is -2.33. The molecule has 0 aliphatic carbocycles. The number of piperidine rings is 2. The number of amides is 1. The van der Waals surface area contributed by atoms with Gasteiger partial charge >= 0.3 is 0 Å². The SMILES string of the molecule is CC(C)Oc1cc2nc(C3CCN(CC(F)=C4CCN(c5ccc(N)cc5)CC4)CC3)cn2cc1C(=O)Nc1cccc(C(F)F)n1. The number of rotatable bonds is 9. The number of ether oxygens (including phenoxy) is 1. The highest BCUT2D eigenvalue weighted by Crippen LogP contribution is 2.32. The molecule has 6 rings (SSSR count). The van der Waals surface area contributed by atoms with Gasteiger partial charge in [0.25, 0.3) is 12.3 Å². The van der Waals surface area contributed by atoms with Gasteiger partial charge in [0.05, 0.1) is 23.9 Å². The molecule has 3 aromatic heterocycles. The van der Waals surface area contributed by atoms with Crippen LogP contribution in [0, 0.1) is 0 Å². The van der Waals surface area contributed by atoms with E-state index in [1.54, 1.807) is 16.7 Å². The fraction of sp³-hybridized carbons (Fsp3) is 0.400. The van der Waals surface area contributed by atoms with E-state index in [0.717, 1.165) is 74.5 Å². The third-order valence-corrected chi connectivity index (χ3v) is 8.79. The van der Waals surface area contributed by atoms with Crippen molar-refractivity contribution in [3.05, 3.63) is 89.3 Å². The fourth-order valence-electron chi connectivity index (χ4n) is 6.27. The highest BCUT2D eigenvalue weighted by atomic mass is 19.3. The maximum Gasteiger partial charge on any atom is 0.280 e. The number of hydrogen-bond donors (Lipinski definition) is 2. The van der Waals surface area contributed by atoms with E-state index < -0.39 is 18.0 Å². The smallest absolute Gasteiger partial charge is 0.280 e. The van der Waals surface area contributed by atoms with Gasteiger partial charge in [-0.25, -0.2) is 23.1 Å². The number of halogens is 3. The van der Waals surface area contributed by atoms with Gasteiger partial charge in [0.15, 0.2) is 0 Å². The monoisotopic (exact) mass is 647 g/mol. The van der Waals surface area contributed by atoms with Crippen LogP contribution in [0.25, 0.3) is 5.65 Å². The summed E-state index contributed by atoms with van der Waals surface area (Å²) in [6.07, 6.45) is 3.71. The second-order valence-corrected chi connectivity index (χ2v) is 12.5. The molecule has 3 N–H and O–H groups in total. The molecule has 1 aromatic carbocycles. The third kappa shape index (κ3) is 7.70. The Morgan fingerprint density at radius 3 is 2.43 bits per heavy atom. The third-order valence-electron chi connectivity index (χ3n) is 8.79. The summed E-state index contributed by atoms with van der Waals surface area (Å²) in [5, 5.41) is 2.61. The minimum Gasteiger partial charge on any atom is -0.490 e. The first-order chi connectivity index (χ1) is 22.6. The van der Waals surface area contributed by atoms with Crippen molar-refractivity contribution in [2.45, 2.75) is 58.0 Å². The van der Waals surface area contributed by atoms with E-state index in [1.807, 2.05) is 44.3 Å². The zero-order valence-electron chi connectivity index (χ0n) is 26.6. The van der Waals surface area contributed by atoms with Crippen LogP contribution in [-0.2, 0) is 0 Å². The number of fused-ring (bicyclic) bond motifs is 1. The Kier molecular flexibility index (Phi) is 9.67. The van der Waals surface area contributed by atoms with Crippen LogP contribution < -0.4 is 20.7 Å². The Morgan fingerprint density at radius 1 is 1.02 bits per heavy atom. The molecule has 2 saturated heterocycles. The van der Waals surface area contributed by atoms with Gasteiger partial charge in [0, 0.05) is 48.8 Å². The van der Waals surface area contributed by atoms with Crippen LogP contribution in [0.2, 0.25) is 0 Å². The molecule has 47 heavy (non-hydrogen) atoms. The number of benzene rings is 1. The number of nitrogens with zero attached hydrogens (tertiary/aromatic N) is 5. The summed E-state index contributed by atoms with van der Waals surface area (Å²) in [4.78, 5) is 26.4. The Labute approximate surface area is 272 Å². The summed E-state index contributed by atoms with van der Waals surface area (Å²) >= 11 is 0. The van der Waals surface area contributed by atoms with Gasteiger partial charge in [0.2, 0.25) is 0 Å². The van der Waals surface area contributed by atoms with Crippen LogP contribution in [0.3, 0.4) is 0 Å². The first-order valence-electron chi connectivity index (χ1n) is 16.1. The number of aromatic nitrogens is 3. The molecule has 4 aromatic rings. The van der Waals surface area contributed by atoms with Gasteiger partial charge in [-0.2, -0.15) is 0 Å². The second-order valence-electron chi connectivity index (χ2n) is 12.5. The molecule has 5 heterocycles. The molecule has 0 spiro atoms. The number of nitrogen functional groups attached to an aromatic ring is 1. The lowest BCUT2D eigenvalue weighted by molar-refractivity contribution is 0.101. The van der Waals surface area contributed by atoms with E-state index in [1.165, 1.54) is 18.2 Å². The quantitative estimate of drug-likeness (QED) is 0.189. The summed E-state index contributed by atoms with van der Waals surface area (Å²) in [7, 11) is 0. The predicted molar refractivity (Wildman–Crippen MR) is 177 cm³/mol. The Balaban J connectivity index is 1.09. The molecule has 0 saturated carbocycles. The zero-order chi connectivity index (χ0) is 33.1. The topological polar surface area (TPSA) is 101 Å². The lowest BCUT2D eigenvalue weighted by Crippen LogP contribution is -2.35. The molecule has 2 aliphatic rings. The number of carbonyl (C=O) groups is 1. The van der Waals surface area contributed by atoms with Crippen molar-refractivity contribution in [1.29, 1.82) is 0 Å². The summed E-state index contributed by atoms with van der Waals surface area (Å²) in [5.74, 6) is 0.0184. The molecular weight excluding hydrogens is 607 g/mol. The minimum atomic E-state index is -2.75. The van der Waals surface area contributed by atoms with Crippen molar-refractivity contribution < 1.29 is 22.7 Å². The van der Waals surface area contributed by atoms with Crippen molar-refractivity contribution in [2.24, 2.45) is 0 Å². The van der Waals surface area contributed by atoms with Gasteiger partial charge in [-0.05, 0) is 94.6 Å². The number of imidazole rings is 1. The van der Waals surface area contributed by atoms with Gasteiger partial charge in [-0.15, -0.1) is 0 Å².